The first-order chi connectivity index (χ1) is 50.2. The van der Waals surface area contributed by atoms with Crippen LogP contribution in [0, 0.1) is 0 Å². The van der Waals surface area contributed by atoms with Crippen LogP contribution in [0.5, 0.6) is 0 Å². The van der Waals surface area contributed by atoms with Crippen molar-refractivity contribution in [1.29, 1.82) is 0 Å². The highest BCUT2D eigenvalue weighted by Crippen LogP contribution is 2.43. The van der Waals surface area contributed by atoms with Gasteiger partial charge in [-0.2, -0.15) is 0 Å². The van der Waals surface area contributed by atoms with Crippen LogP contribution < -0.4 is 5.32 Å². The Morgan fingerprint density at radius 1 is 0.223 bits per heavy atom. The number of hydrogen-bond acceptors (Lipinski definition) is 37. The molecule has 21 heterocycles. The Morgan fingerprint density at radius 3 is 0.563 bits per heavy atom. The molecule has 0 aromatic carbocycles. The molecule has 0 aliphatic carbocycles. The summed E-state index contributed by atoms with van der Waals surface area (Å²) in [5, 5.41) is 12.9. The highest BCUT2D eigenvalue weighted by molar-refractivity contribution is 5.04. The summed E-state index contributed by atoms with van der Waals surface area (Å²) in [6, 6.07) is 0. The molecule has 21 saturated heterocycles. The largest absolute Gasteiger partial charge is 0.394 e. The van der Waals surface area contributed by atoms with Crippen LogP contribution in [0.3, 0.4) is 0 Å². The molecular weight excluding hydrogens is 1380 g/mol. The Kier molecular flexibility index (Phi) is 37.2. The average molecular weight is 1500 g/mol. The molecule has 0 aromatic heterocycles. The summed E-state index contributed by atoms with van der Waals surface area (Å²) in [5.41, 5.74) is 0. The van der Waals surface area contributed by atoms with Gasteiger partial charge in [-0.1, -0.05) is 0 Å². The van der Waals surface area contributed by atoms with Crippen molar-refractivity contribution in [2.24, 2.45) is 0 Å². The first-order valence-electron chi connectivity index (χ1n) is 34.6. The molecule has 21 aliphatic heterocycles. The molecule has 0 amide bonds. The van der Waals surface area contributed by atoms with Gasteiger partial charge in [0.15, 0.2) is 44.0 Å². The second kappa shape index (κ2) is 43.9. The highest BCUT2D eigenvalue weighted by Gasteiger charge is 2.62. The van der Waals surface area contributed by atoms with Crippen LogP contribution >= 0.6 is 0 Å². The van der Waals surface area contributed by atoms with Gasteiger partial charge in [0.1, 0.15) is 171 Å². The molecule has 0 unspecified atom stereocenters. The summed E-state index contributed by atoms with van der Waals surface area (Å²) in [6.07, 6.45) is -36.5. The molecule has 0 saturated carbocycles. The van der Waals surface area contributed by atoms with E-state index in [1.54, 1.807) is 0 Å². The summed E-state index contributed by atoms with van der Waals surface area (Å²) in [7, 11) is 30.2. The molecule has 0 spiro atoms. The highest BCUT2D eigenvalue weighted by atomic mass is 16.8. The monoisotopic (exact) mass is 1500 g/mol. The van der Waals surface area contributed by atoms with E-state index >= 15 is 0 Å². The minimum atomic E-state index is -1.25. The van der Waals surface area contributed by atoms with E-state index in [9.17, 15) is 5.11 Å². The lowest BCUT2D eigenvalue weighted by Gasteiger charge is -2.52. The zero-order valence-corrected chi connectivity index (χ0v) is 63.2. The number of ether oxygens (including phenoxy) is 35. The Labute approximate surface area is 604 Å². The SMILES string of the molecule is COC[C@@H]1O[C@@H]2O[C@H]3[C@H](OC)[C@@H](OC)[C@@H](O[C@H]4[C@@H](OC)[C@H](OC)[C@@H](O[C@H]5[C@H](OC)[C@H](OC)[C@@H](O[C@H]6[C@H](OC)[C@@H](OC)[C@@H](O[C@H]7[C@H](OC)[C@@H](OC)[C@@H](O[C@H]8[C@H](OC)[C@@H](OC)[C@@H](O[C@H]1[C@H](OC)[C@H]2OC)O[C@H]8COC)O[C@H]7COC)O[C@@H]6COC)O[C@@H]5COC)O[C@@H]4COC)O[C@H]3CNCCOCCO. The average Bonchev–Trinajstić information content (AvgIpc) is 0.859. The molecule has 35 atom stereocenters. The van der Waals surface area contributed by atoms with Gasteiger partial charge in [0.05, 0.1) is 59.5 Å². The zero-order chi connectivity index (χ0) is 74.4. The van der Waals surface area contributed by atoms with Gasteiger partial charge in [-0.15, -0.1) is 0 Å². The van der Waals surface area contributed by atoms with E-state index in [1.165, 1.54) is 142 Å². The van der Waals surface area contributed by atoms with Crippen LogP contribution in [-0.4, -0.2) is 435 Å². The van der Waals surface area contributed by atoms with Crippen LogP contribution in [0.25, 0.3) is 0 Å². The summed E-state index contributed by atoms with van der Waals surface area (Å²) < 4.78 is 227. The lowest BCUT2D eigenvalue weighted by atomic mass is 9.94. The van der Waals surface area contributed by atoms with Crippen LogP contribution in [0.4, 0.5) is 0 Å². The maximum atomic E-state index is 9.50. The standard InChI is InChI=1S/C66H119NO36/c1-69-26-33-40-47(76-8)55(84-16)62(92-33)100-42-35(28-71-3)94-64(57(86-18)49(42)78-10)102-44-37(30-73-5)96-66(59(88-20)51(44)80-12)103-45-38(31-74-6)95-65(58(87-19)52(45)81-13)101-43-36(29-72-4)93-63(56(85-17)50(43)79-11)99-41-34(27-70-2)91-61(54(83-15)48(41)77-9)97-39-32(25-67-21-23-89-24-22-68)90-60(98-40)53(82-14)46(39)75-7/h32-68H,21-31H2,1-20H3/t32-,33+,34-,35+,36-,37+,38-,39+,40+,41+,42+,43+,44+,45+,46-,47+,48-,49-,50-,51-,52-,53+,54+,55-,56+,57-,58+,59+,60+,61+,62+,63+,64+,65+,66+/m0/s1. The number of aliphatic hydroxyl groups excluding tert-OH is 1. The lowest BCUT2D eigenvalue weighted by molar-refractivity contribution is -0.402. The first-order valence-corrected chi connectivity index (χ1v) is 34.6. The van der Waals surface area contributed by atoms with Crippen molar-refractivity contribution in [2.45, 2.75) is 215 Å². The maximum Gasteiger partial charge on any atom is 0.187 e. The van der Waals surface area contributed by atoms with E-state index in [4.69, 9.17) is 166 Å². The Hall–Kier alpha value is -1.48. The predicted octanol–water partition coefficient (Wildman–Crippen LogP) is -2.54. The van der Waals surface area contributed by atoms with E-state index in [1.807, 2.05) is 0 Å². The molecule has 103 heavy (non-hydrogen) atoms. The van der Waals surface area contributed by atoms with Gasteiger partial charge in [-0.05, 0) is 0 Å². The van der Waals surface area contributed by atoms with Crippen molar-refractivity contribution in [1.82, 2.24) is 5.32 Å². The number of nitrogens with one attached hydrogen (secondary N) is 1. The number of aliphatic hydroxyl groups is 1. The number of hydrogen-bond donors (Lipinski definition) is 2. The second-order valence-corrected chi connectivity index (χ2v) is 25.6. The number of methoxy groups -OCH3 is 20. The van der Waals surface area contributed by atoms with Crippen LogP contribution in [0.2, 0.25) is 0 Å². The third kappa shape index (κ3) is 20.1. The van der Waals surface area contributed by atoms with Crippen LogP contribution in [-0.2, 0) is 166 Å². The van der Waals surface area contributed by atoms with E-state index in [0.717, 1.165) is 0 Å². The summed E-state index contributed by atoms with van der Waals surface area (Å²) in [6.45, 7) is 0.384. The van der Waals surface area contributed by atoms with E-state index < -0.39 is 215 Å². The van der Waals surface area contributed by atoms with Gasteiger partial charge in [-0.3, -0.25) is 0 Å². The van der Waals surface area contributed by atoms with Crippen molar-refractivity contribution in [2.75, 3.05) is 215 Å². The van der Waals surface area contributed by atoms with E-state index in [-0.39, 0.29) is 66.0 Å². The van der Waals surface area contributed by atoms with E-state index in [0.29, 0.717) is 6.54 Å². The minimum absolute atomic E-state index is 0.0454. The molecular formula is C66H119NO36. The fourth-order valence-electron chi connectivity index (χ4n) is 15.3. The minimum Gasteiger partial charge on any atom is -0.394 e. The fraction of sp³-hybridized carbons (Fsp3) is 1.00. The molecule has 37 nitrogen and oxygen atoms in total. The van der Waals surface area contributed by atoms with Crippen LogP contribution in [0.1, 0.15) is 0 Å². The molecule has 2 N–H and O–H groups in total. The Bertz CT molecular complexity index is 2290. The van der Waals surface area contributed by atoms with E-state index in [2.05, 4.69) is 5.32 Å². The molecule has 21 rings (SSSR count). The topological polar surface area (TPSA) is 355 Å². The summed E-state index contributed by atoms with van der Waals surface area (Å²) in [5.74, 6) is 0. The third-order valence-corrected chi connectivity index (χ3v) is 20.0. The van der Waals surface area contributed by atoms with Crippen molar-refractivity contribution in [3.8, 4) is 0 Å². The second-order valence-electron chi connectivity index (χ2n) is 25.6. The molecule has 604 valence electrons. The zero-order valence-electron chi connectivity index (χ0n) is 63.2. The van der Waals surface area contributed by atoms with Crippen LogP contribution in [0.15, 0.2) is 0 Å². The Balaban J connectivity index is 1.24. The predicted molar refractivity (Wildman–Crippen MR) is 348 cm³/mol. The summed E-state index contributed by atoms with van der Waals surface area (Å²) in [4.78, 5) is 0. The number of rotatable bonds is 33. The molecule has 14 bridgehead atoms. The third-order valence-electron chi connectivity index (χ3n) is 20.0. The first kappa shape index (κ1) is 87.1. The van der Waals surface area contributed by atoms with Gasteiger partial charge in [0, 0.05) is 155 Å². The molecule has 0 radical (unpaired) electrons. The maximum absolute atomic E-state index is 9.50. The van der Waals surface area contributed by atoms with Gasteiger partial charge in [0.25, 0.3) is 0 Å². The van der Waals surface area contributed by atoms with Crippen molar-refractivity contribution in [3.05, 3.63) is 0 Å². The lowest BCUT2D eigenvalue weighted by Crippen LogP contribution is -2.69. The van der Waals surface area contributed by atoms with Crippen molar-refractivity contribution >= 4 is 0 Å². The summed E-state index contributed by atoms with van der Waals surface area (Å²) >= 11 is 0. The molecule has 37 heteroatoms. The quantitative estimate of drug-likeness (QED) is 0.0639. The Morgan fingerprint density at radius 2 is 0.398 bits per heavy atom. The van der Waals surface area contributed by atoms with Gasteiger partial charge in [0.2, 0.25) is 0 Å². The smallest absolute Gasteiger partial charge is 0.187 e. The van der Waals surface area contributed by atoms with Gasteiger partial charge < -0.3 is 176 Å². The van der Waals surface area contributed by atoms with Gasteiger partial charge >= 0.3 is 0 Å². The normalized spacial score (nSPS) is 44.4. The molecule has 21 fully saturated rings. The van der Waals surface area contributed by atoms with Crippen molar-refractivity contribution < 1.29 is 171 Å². The molecule has 0 aromatic rings. The van der Waals surface area contributed by atoms with Gasteiger partial charge in [-0.25, -0.2) is 0 Å². The molecule has 21 aliphatic rings. The van der Waals surface area contributed by atoms with Crippen molar-refractivity contribution in [3.63, 3.8) is 0 Å². The fourth-order valence-corrected chi connectivity index (χ4v) is 15.3.